The lowest BCUT2D eigenvalue weighted by molar-refractivity contribution is 0.623. The summed E-state index contributed by atoms with van der Waals surface area (Å²) >= 11 is 0. The van der Waals surface area contributed by atoms with Crippen molar-refractivity contribution in [3.05, 3.63) is 47.8 Å². The monoisotopic (exact) mass is 234 g/mol. The highest BCUT2D eigenvalue weighted by atomic mass is 19.1. The van der Waals surface area contributed by atoms with Crippen molar-refractivity contribution in [3.8, 4) is 0 Å². The predicted molar refractivity (Wildman–Crippen MR) is 62.8 cm³/mol. The van der Waals surface area contributed by atoms with Crippen LogP contribution in [0.3, 0.4) is 0 Å². The van der Waals surface area contributed by atoms with Crippen LogP contribution < -0.4 is 5.32 Å². The van der Waals surface area contributed by atoms with E-state index in [0.717, 1.165) is 30.9 Å². The van der Waals surface area contributed by atoms with Gasteiger partial charge in [0.2, 0.25) is 0 Å². The molecule has 0 fully saturated rings. The van der Waals surface area contributed by atoms with E-state index in [1.165, 1.54) is 12.1 Å². The van der Waals surface area contributed by atoms with E-state index >= 15 is 0 Å². The Hall–Kier alpha value is -1.75. The summed E-state index contributed by atoms with van der Waals surface area (Å²) in [6.45, 7) is 1.56. The molecular formula is C12H15FN4. The molecule has 2 rings (SSSR count). The zero-order chi connectivity index (χ0) is 12.1. The van der Waals surface area contributed by atoms with E-state index in [-0.39, 0.29) is 5.82 Å². The van der Waals surface area contributed by atoms with E-state index in [0.29, 0.717) is 0 Å². The average molecular weight is 234 g/mol. The van der Waals surface area contributed by atoms with Crippen molar-refractivity contribution in [3.63, 3.8) is 0 Å². The molecule has 1 heterocycles. The second-order valence-corrected chi connectivity index (χ2v) is 3.91. The van der Waals surface area contributed by atoms with Crippen LogP contribution in [0, 0.1) is 5.82 Å². The van der Waals surface area contributed by atoms with Crippen LogP contribution in [0.15, 0.2) is 30.6 Å². The molecule has 1 N–H and O–H groups in total. The van der Waals surface area contributed by atoms with Gasteiger partial charge in [-0.1, -0.05) is 12.1 Å². The lowest BCUT2D eigenvalue weighted by Gasteiger charge is -2.04. The molecular weight excluding hydrogens is 219 g/mol. The third-order valence-electron chi connectivity index (χ3n) is 2.57. The number of hydrogen-bond acceptors (Lipinski definition) is 3. The largest absolute Gasteiger partial charge is 0.321 e. The fourth-order valence-electron chi connectivity index (χ4n) is 1.57. The third kappa shape index (κ3) is 3.35. The molecule has 0 bridgehead atoms. The van der Waals surface area contributed by atoms with Crippen molar-refractivity contribution in [2.24, 2.45) is 7.05 Å². The number of rotatable bonds is 5. The molecule has 0 unspecified atom stereocenters. The Morgan fingerprint density at radius 2 is 2.06 bits per heavy atom. The van der Waals surface area contributed by atoms with Gasteiger partial charge in [0.05, 0.1) is 0 Å². The molecule has 0 spiro atoms. The van der Waals surface area contributed by atoms with Crippen LogP contribution in [-0.2, 0) is 20.0 Å². The first-order valence-electron chi connectivity index (χ1n) is 5.54. The first-order chi connectivity index (χ1) is 8.25. The summed E-state index contributed by atoms with van der Waals surface area (Å²) in [5.74, 6) is 0.754. The van der Waals surface area contributed by atoms with Crippen LogP contribution in [0.2, 0.25) is 0 Å². The second kappa shape index (κ2) is 5.54. The lowest BCUT2D eigenvalue weighted by Crippen LogP contribution is -2.18. The summed E-state index contributed by atoms with van der Waals surface area (Å²) < 4.78 is 14.6. The molecule has 0 atom stereocenters. The molecule has 0 radical (unpaired) electrons. The maximum atomic E-state index is 12.7. The number of nitrogens with one attached hydrogen (secondary N) is 1. The van der Waals surface area contributed by atoms with Crippen molar-refractivity contribution in [2.75, 3.05) is 6.54 Å². The molecule has 0 saturated heterocycles. The molecule has 17 heavy (non-hydrogen) atoms. The van der Waals surface area contributed by atoms with Crippen LogP contribution >= 0.6 is 0 Å². The summed E-state index contributed by atoms with van der Waals surface area (Å²) in [6.07, 6.45) is 2.52. The molecule has 5 heteroatoms. The Kier molecular flexibility index (Phi) is 3.82. The smallest absolute Gasteiger partial charge is 0.133 e. The molecule has 90 valence electrons. The average Bonchev–Trinajstić information content (AvgIpc) is 2.73. The standard InChI is InChI=1S/C12H15FN4/c1-17-9-15-16-12(17)6-7-14-8-10-2-4-11(13)5-3-10/h2-5,9,14H,6-8H2,1H3. The molecule has 0 amide bonds. The normalized spacial score (nSPS) is 10.7. The molecule has 1 aromatic heterocycles. The Labute approximate surface area is 99.5 Å². The highest BCUT2D eigenvalue weighted by Crippen LogP contribution is 2.02. The van der Waals surface area contributed by atoms with Crippen LogP contribution in [0.4, 0.5) is 4.39 Å². The van der Waals surface area contributed by atoms with Gasteiger partial charge in [0, 0.05) is 26.6 Å². The number of nitrogens with zero attached hydrogens (tertiary/aromatic N) is 3. The van der Waals surface area contributed by atoms with E-state index in [1.807, 2.05) is 11.6 Å². The minimum atomic E-state index is -0.201. The highest BCUT2D eigenvalue weighted by molar-refractivity contribution is 5.15. The molecule has 2 aromatic rings. The molecule has 0 saturated carbocycles. The fraction of sp³-hybridized carbons (Fsp3) is 0.333. The molecule has 1 aromatic carbocycles. The summed E-state index contributed by atoms with van der Waals surface area (Å²) in [5, 5.41) is 11.1. The summed E-state index contributed by atoms with van der Waals surface area (Å²) in [5.41, 5.74) is 1.07. The highest BCUT2D eigenvalue weighted by Gasteiger charge is 1.99. The van der Waals surface area contributed by atoms with Crippen LogP contribution in [0.1, 0.15) is 11.4 Å². The van der Waals surface area contributed by atoms with E-state index in [4.69, 9.17) is 0 Å². The van der Waals surface area contributed by atoms with Gasteiger partial charge < -0.3 is 9.88 Å². The number of hydrogen-bond donors (Lipinski definition) is 1. The van der Waals surface area contributed by atoms with Gasteiger partial charge in [-0.05, 0) is 17.7 Å². The van der Waals surface area contributed by atoms with Crippen molar-refractivity contribution < 1.29 is 4.39 Å². The van der Waals surface area contributed by atoms with Crippen molar-refractivity contribution in [1.29, 1.82) is 0 Å². The minimum Gasteiger partial charge on any atom is -0.321 e. The van der Waals surface area contributed by atoms with E-state index < -0.39 is 0 Å². The SMILES string of the molecule is Cn1cnnc1CCNCc1ccc(F)cc1. The van der Waals surface area contributed by atoms with Crippen molar-refractivity contribution >= 4 is 0 Å². The van der Waals surface area contributed by atoms with Gasteiger partial charge >= 0.3 is 0 Å². The van der Waals surface area contributed by atoms with Crippen LogP contribution in [0.25, 0.3) is 0 Å². The fourth-order valence-corrected chi connectivity index (χ4v) is 1.57. The molecule has 0 aliphatic heterocycles. The number of aromatic nitrogens is 3. The van der Waals surface area contributed by atoms with Gasteiger partial charge in [-0.3, -0.25) is 0 Å². The maximum Gasteiger partial charge on any atom is 0.133 e. The van der Waals surface area contributed by atoms with Crippen molar-refractivity contribution in [1.82, 2.24) is 20.1 Å². The number of halogens is 1. The molecule has 4 nitrogen and oxygen atoms in total. The van der Waals surface area contributed by atoms with Gasteiger partial charge in [-0.15, -0.1) is 10.2 Å². The van der Waals surface area contributed by atoms with E-state index in [9.17, 15) is 4.39 Å². The van der Waals surface area contributed by atoms with Crippen LogP contribution in [0.5, 0.6) is 0 Å². The van der Waals surface area contributed by atoms with E-state index in [1.54, 1.807) is 18.5 Å². The van der Waals surface area contributed by atoms with Gasteiger partial charge in [0.1, 0.15) is 18.0 Å². The van der Waals surface area contributed by atoms with E-state index in [2.05, 4.69) is 15.5 Å². The quantitative estimate of drug-likeness (QED) is 0.793. The first-order valence-corrected chi connectivity index (χ1v) is 5.54. The number of benzene rings is 1. The Balaban J connectivity index is 1.73. The predicted octanol–water partition coefficient (Wildman–Crippen LogP) is 1.29. The lowest BCUT2D eigenvalue weighted by atomic mass is 10.2. The second-order valence-electron chi connectivity index (χ2n) is 3.91. The minimum absolute atomic E-state index is 0.201. The Morgan fingerprint density at radius 3 is 2.71 bits per heavy atom. The van der Waals surface area contributed by atoms with Gasteiger partial charge in [-0.25, -0.2) is 4.39 Å². The topological polar surface area (TPSA) is 42.7 Å². The van der Waals surface area contributed by atoms with Gasteiger partial charge in [0.25, 0.3) is 0 Å². The molecule has 0 aliphatic carbocycles. The number of aryl methyl sites for hydroxylation is 1. The first kappa shape index (κ1) is 11.7. The Morgan fingerprint density at radius 1 is 1.29 bits per heavy atom. The summed E-state index contributed by atoms with van der Waals surface area (Å²) in [6, 6.07) is 6.51. The van der Waals surface area contributed by atoms with Crippen LogP contribution in [-0.4, -0.2) is 21.3 Å². The van der Waals surface area contributed by atoms with Gasteiger partial charge in [0.15, 0.2) is 0 Å². The third-order valence-corrected chi connectivity index (χ3v) is 2.57. The summed E-state index contributed by atoms with van der Waals surface area (Å²) in [4.78, 5) is 0. The maximum absolute atomic E-state index is 12.7. The zero-order valence-electron chi connectivity index (χ0n) is 9.73. The van der Waals surface area contributed by atoms with Crippen molar-refractivity contribution in [2.45, 2.75) is 13.0 Å². The Bertz CT molecular complexity index is 464. The molecule has 0 aliphatic rings. The summed E-state index contributed by atoms with van der Waals surface area (Å²) in [7, 11) is 1.93. The zero-order valence-corrected chi connectivity index (χ0v) is 9.73. The van der Waals surface area contributed by atoms with Gasteiger partial charge in [-0.2, -0.15) is 0 Å².